The number of pyridine rings is 1. The van der Waals surface area contributed by atoms with Crippen molar-refractivity contribution in [3.63, 3.8) is 0 Å². The highest BCUT2D eigenvalue weighted by atomic mass is 19.4. The van der Waals surface area contributed by atoms with E-state index in [-0.39, 0.29) is 11.4 Å². The normalized spacial score (nSPS) is 15.0. The molecule has 0 spiro atoms. The van der Waals surface area contributed by atoms with Gasteiger partial charge in [-0.1, -0.05) is 0 Å². The van der Waals surface area contributed by atoms with Crippen molar-refractivity contribution in [3.05, 3.63) is 76.4 Å². The second-order valence-corrected chi connectivity index (χ2v) is 8.03. The summed E-state index contributed by atoms with van der Waals surface area (Å²) in [6, 6.07) is 10.2. The van der Waals surface area contributed by atoms with Gasteiger partial charge in [0.2, 0.25) is 0 Å². The maximum atomic E-state index is 13.1. The van der Waals surface area contributed by atoms with Crippen LogP contribution in [0.4, 0.5) is 17.6 Å². The average molecular weight is 480 g/mol. The number of likely N-dealkylation sites (tertiary alicyclic amines) is 1. The fraction of sp³-hybridized carbons (Fsp3) is 0.348. The average Bonchev–Trinajstić information content (AvgIpc) is 3.27. The van der Waals surface area contributed by atoms with Gasteiger partial charge in [-0.15, -0.1) is 0 Å². The Morgan fingerprint density at radius 2 is 1.79 bits per heavy atom. The molecule has 1 aliphatic rings. The molecule has 1 saturated heterocycles. The quantitative estimate of drug-likeness (QED) is 0.553. The minimum Gasteiger partial charge on any atom is -0.475 e. The molecular formula is C23H24F4N4O3. The largest absolute Gasteiger partial charge is 0.490 e. The molecule has 3 aromatic rings. The van der Waals surface area contributed by atoms with Crippen LogP contribution in [-0.4, -0.2) is 49.8 Å². The Labute approximate surface area is 192 Å². The zero-order valence-electron chi connectivity index (χ0n) is 18.3. The molecule has 0 atom stereocenters. The highest BCUT2D eigenvalue weighted by molar-refractivity contribution is 5.73. The summed E-state index contributed by atoms with van der Waals surface area (Å²) in [7, 11) is 1.77. The van der Waals surface area contributed by atoms with Gasteiger partial charge in [0, 0.05) is 31.8 Å². The fourth-order valence-electron chi connectivity index (χ4n) is 3.63. The van der Waals surface area contributed by atoms with E-state index in [4.69, 9.17) is 9.90 Å². The molecule has 4 rings (SSSR count). The molecule has 1 aliphatic heterocycles. The predicted octanol–water partition coefficient (Wildman–Crippen LogP) is 3.93. The topological polar surface area (TPSA) is 91.2 Å². The number of hydrogen-bond acceptors (Lipinski definition) is 4. The molecule has 7 nitrogen and oxygen atoms in total. The number of aliphatic carboxylic acids is 1. The van der Waals surface area contributed by atoms with Crippen LogP contribution in [0.15, 0.2) is 53.6 Å². The number of benzene rings is 1. The molecular weight excluding hydrogens is 456 g/mol. The first kappa shape index (κ1) is 25.2. The van der Waals surface area contributed by atoms with Gasteiger partial charge in [0.1, 0.15) is 11.6 Å². The Morgan fingerprint density at radius 3 is 2.35 bits per heavy atom. The number of aryl methyl sites for hydroxylation is 1. The lowest BCUT2D eigenvalue weighted by molar-refractivity contribution is -0.192. The molecule has 34 heavy (non-hydrogen) atoms. The number of carboxylic acids is 1. The SMILES string of the molecule is Cn1ccc(CN2CCC(c3ncc(-c4ccc(F)cc4)[nH]3)CC2)cc1=O.O=C(O)C(F)(F)F. The van der Waals surface area contributed by atoms with E-state index in [0.29, 0.717) is 5.92 Å². The van der Waals surface area contributed by atoms with Crippen molar-refractivity contribution in [3.8, 4) is 11.3 Å². The van der Waals surface area contributed by atoms with Crippen LogP contribution < -0.4 is 5.56 Å². The van der Waals surface area contributed by atoms with Crippen LogP contribution in [0, 0.1) is 5.82 Å². The molecule has 1 fully saturated rings. The molecule has 3 heterocycles. The van der Waals surface area contributed by atoms with Crippen LogP contribution in [-0.2, 0) is 18.4 Å². The van der Waals surface area contributed by atoms with E-state index in [0.717, 1.165) is 55.1 Å². The van der Waals surface area contributed by atoms with Gasteiger partial charge in [-0.05, 0) is 67.4 Å². The van der Waals surface area contributed by atoms with E-state index in [1.165, 1.54) is 12.1 Å². The zero-order chi connectivity index (χ0) is 24.9. The van der Waals surface area contributed by atoms with E-state index in [2.05, 4.69) is 14.9 Å². The first-order valence-corrected chi connectivity index (χ1v) is 10.5. The molecule has 182 valence electrons. The smallest absolute Gasteiger partial charge is 0.475 e. The third-order valence-electron chi connectivity index (χ3n) is 5.54. The number of rotatable bonds is 4. The molecule has 0 radical (unpaired) electrons. The summed E-state index contributed by atoms with van der Waals surface area (Å²) in [4.78, 5) is 31.0. The van der Waals surface area contributed by atoms with Gasteiger partial charge in [-0.25, -0.2) is 14.2 Å². The van der Waals surface area contributed by atoms with E-state index >= 15 is 0 Å². The summed E-state index contributed by atoms with van der Waals surface area (Å²) in [6.07, 6.45) is 0.626. The number of aromatic nitrogens is 3. The molecule has 0 amide bonds. The van der Waals surface area contributed by atoms with Gasteiger partial charge in [-0.3, -0.25) is 9.69 Å². The van der Waals surface area contributed by atoms with E-state index in [1.807, 2.05) is 18.5 Å². The number of carbonyl (C=O) groups is 1. The Hall–Kier alpha value is -3.47. The minimum atomic E-state index is -5.08. The number of nitrogens with zero attached hydrogens (tertiary/aromatic N) is 3. The monoisotopic (exact) mass is 480 g/mol. The number of halogens is 4. The predicted molar refractivity (Wildman–Crippen MR) is 117 cm³/mol. The molecule has 0 unspecified atom stereocenters. The summed E-state index contributed by atoms with van der Waals surface area (Å²) in [5.74, 6) is -1.59. The first-order valence-electron chi connectivity index (χ1n) is 10.5. The number of alkyl halides is 3. The third-order valence-corrected chi connectivity index (χ3v) is 5.54. The minimum absolute atomic E-state index is 0.0336. The number of H-pyrrole nitrogens is 1. The zero-order valence-corrected chi connectivity index (χ0v) is 18.3. The van der Waals surface area contributed by atoms with Crippen molar-refractivity contribution in [1.82, 2.24) is 19.4 Å². The molecule has 2 N–H and O–H groups in total. The second kappa shape index (κ2) is 10.6. The Balaban J connectivity index is 0.000000406. The van der Waals surface area contributed by atoms with Crippen molar-refractivity contribution in [1.29, 1.82) is 0 Å². The van der Waals surface area contributed by atoms with Crippen LogP contribution in [0.25, 0.3) is 11.3 Å². The number of aromatic amines is 1. The van der Waals surface area contributed by atoms with Crippen LogP contribution >= 0.6 is 0 Å². The second-order valence-electron chi connectivity index (χ2n) is 8.03. The Morgan fingerprint density at radius 1 is 1.18 bits per heavy atom. The molecule has 0 aliphatic carbocycles. The fourth-order valence-corrected chi connectivity index (χ4v) is 3.63. The van der Waals surface area contributed by atoms with Crippen molar-refractivity contribution < 1.29 is 27.5 Å². The highest BCUT2D eigenvalue weighted by Crippen LogP contribution is 2.28. The van der Waals surface area contributed by atoms with Crippen LogP contribution in [0.3, 0.4) is 0 Å². The summed E-state index contributed by atoms with van der Waals surface area (Å²) >= 11 is 0. The van der Waals surface area contributed by atoms with Gasteiger partial charge < -0.3 is 14.7 Å². The summed E-state index contributed by atoms with van der Waals surface area (Å²) in [5.41, 5.74) is 2.96. The molecule has 0 saturated carbocycles. The van der Waals surface area contributed by atoms with Crippen molar-refractivity contribution in [2.75, 3.05) is 13.1 Å². The highest BCUT2D eigenvalue weighted by Gasteiger charge is 2.38. The van der Waals surface area contributed by atoms with Crippen molar-refractivity contribution >= 4 is 5.97 Å². The van der Waals surface area contributed by atoms with Crippen LogP contribution in [0.1, 0.15) is 30.1 Å². The van der Waals surface area contributed by atoms with Gasteiger partial charge in [0.05, 0.1) is 11.9 Å². The number of nitrogens with one attached hydrogen (secondary N) is 1. The van der Waals surface area contributed by atoms with Crippen LogP contribution in [0.2, 0.25) is 0 Å². The molecule has 1 aromatic carbocycles. The lowest BCUT2D eigenvalue weighted by atomic mass is 9.96. The van der Waals surface area contributed by atoms with E-state index < -0.39 is 12.1 Å². The van der Waals surface area contributed by atoms with Crippen molar-refractivity contribution in [2.24, 2.45) is 7.05 Å². The summed E-state index contributed by atoms with van der Waals surface area (Å²) in [5, 5.41) is 7.12. The van der Waals surface area contributed by atoms with Crippen LogP contribution in [0.5, 0.6) is 0 Å². The molecule has 11 heteroatoms. The maximum absolute atomic E-state index is 13.1. The summed E-state index contributed by atoms with van der Waals surface area (Å²) < 4.78 is 46.4. The Kier molecular flexibility index (Phi) is 7.87. The first-order chi connectivity index (χ1) is 16.0. The standard InChI is InChI=1S/C21H23FN4O.C2HF3O2/c1-25-9-6-15(12-20(25)27)14-26-10-7-17(8-11-26)21-23-13-19(24-21)16-2-4-18(22)5-3-16;3-2(4,5)1(6)7/h2-6,9,12-13,17H,7-8,10-11,14H2,1H3,(H,23,24);(H,6,7). The van der Waals surface area contributed by atoms with Gasteiger partial charge >= 0.3 is 12.1 Å². The third kappa shape index (κ3) is 6.77. The van der Waals surface area contributed by atoms with E-state index in [9.17, 15) is 22.4 Å². The Bertz CT molecular complexity index is 1160. The van der Waals surface area contributed by atoms with Gasteiger partial charge in [0.25, 0.3) is 5.56 Å². The summed E-state index contributed by atoms with van der Waals surface area (Å²) in [6.45, 7) is 2.76. The number of imidazole rings is 1. The molecule has 0 bridgehead atoms. The lowest BCUT2D eigenvalue weighted by Gasteiger charge is -2.31. The number of hydrogen-bond donors (Lipinski definition) is 2. The lowest BCUT2D eigenvalue weighted by Crippen LogP contribution is -2.33. The van der Waals surface area contributed by atoms with E-state index in [1.54, 1.807) is 29.8 Å². The number of carboxylic acid groups (broad SMARTS) is 1. The van der Waals surface area contributed by atoms with Crippen molar-refractivity contribution in [2.45, 2.75) is 31.5 Å². The van der Waals surface area contributed by atoms with Gasteiger partial charge in [0.15, 0.2) is 0 Å². The number of piperidine rings is 1. The molecule has 2 aromatic heterocycles. The van der Waals surface area contributed by atoms with Gasteiger partial charge in [-0.2, -0.15) is 13.2 Å². The maximum Gasteiger partial charge on any atom is 0.490 e.